The molecule has 0 aliphatic carbocycles. The molecule has 3 aliphatic heterocycles. The van der Waals surface area contributed by atoms with Gasteiger partial charge < -0.3 is 14.8 Å². The number of carbonyl (C=O) groups excluding carboxylic acids is 1. The van der Waals surface area contributed by atoms with Crippen molar-refractivity contribution in [2.75, 3.05) is 32.8 Å². The van der Waals surface area contributed by atoms with Gasteiger partial charge in [-0.3, -0.25) is 4.79 Å². The Morgan fingerprint density at radius 2 is 1.59 bits per heavy atom. The number of nitrogens with one attached hydrogen (secondary N) is 1. The number of allylic oxidation sites excluding steroid dienone is 1. The molecule has 0 amide bonds. The number of ether oxygens (including phenoxy) is 2. The first-order chi connectivity index (χ1) is 16.5. The summed E-state index contributed by atoms with van der Waals surface area (Å²) < 4.78 is 39.2. The van der Waals surface area contributed by atoms with Gasteiger partial charge >= 0.3 is 0 Å². The Morgan fingerprint density at radius 1 is 0.912 bits per heavy atom. The normalized spacial score (nSPS) is 20.1. The molecule has 0 aromatic heterocycles. The Bertz CT molecular complexity index is 1200. The Balaban J connectivity index is 1.38. The summed E-state index contributed by atoms with van der Waals surface area (Å²) in [5, 5.41) is 3.32. The fraction of sp³-hybridized carbons (Fsp3) is 0.423. The molecule has 1 fully saturated rings. The topological polar surface area (TPSA) is 84.9 Å². The summed E-state index contributed by atoms with van der Waals surface area (Å²) in [4.78, 5) is 13.3. The van der Waals surface area contributed by atoms with E-state index < -0.39 is 10.0 Å². The Morgan fingerprint density at radius 3 is 2.29 bits per heavy atom. The smallest absolute Gasteiger partial charge is 0.243 e. The third-order valence-electron chi connectivity index (χ3n) is 6.59. The summed E-state index contributed by atoms with van der Waals surface area (Å²) in [6.45, 7) is 3.06. The van der Waals surface area contributed by atoms with E-state index in [2.05, 4.69) is 5.32 Å². The van der Waals surface area contributed by atoms with E-state index in [0.29, 0.717) is 37.6 Å². The standard InChI is InChI=1S/C26H30N2O5S/c29-24(19-6-8-21(9-7-19)34(30,31)28-12-3-1-2-4-13-28)18-23-22-17-26-25(32-14-5-15-33-26)16-20(22)10-11-27-23/h6-9,16-18,27H,1-5,10-15H2. The van der Waals surface area contributed by atoms with Crippen LogP contribution >= 0.6 is 0 Å². The van der Waals surface area contributed by atoms with Crippen molar-refractivity contribution in [3.8, 4) is 11.5 Å². The molecule has 34 heavy (non-hydrogen) atoms. The van der Waals surface area contributed by atoms with Crippen LogP contribution in [0.5, 0.6) is 11.5 Å². The third-order valence-corrected chi connectivity index (χ3v) is 8.50. The van der Waals surface area contributed by atoms with E-state index in [4.69, 9.17) is 9.47 Å². The van der Waals surface area contributed by atoms with Gasteiger partial charge in [0.1, 0.15) is 0 Å². The highest BCUT2D eigenvalue weighted by Crippen LogP contribution is 2.36. The van der Waals surface area contributed by atoms with Crippen LogP contribution in [0.3, 0.4) is 0 Å². The van der Waals surface area contributed by atoms with Crippen LogP contribution in [0.15, 0.2) is 47.4 Å². The average molecular weight is 483 g/mol. The number of hydrogen-bond donors (Lipinski definition) is 1. The lowest BCUT2D eigenvalue weighted by molar-refractivity contribution is 0.104. The van der Waals surface area contributed by atoms with Crippen molar-refractivity contribution in [1.82, 2.24) is 9.62 Å². The summed E-state index contributed by atoms with van der Waals surface area (Å²) in [7, 11) is -3.54. The van der Waals surface area contributed by atoms with Gasteiger partial charge in [-0.2, -0.15) is 4.31 Å². The fourth-order valence-corrected chi connectivity index (χ4v) is 6.22. The zero-order chi connectivity index (χ0) is 23.5. The van der Waals surface area contributed by atoms with Crippen molar-refractivity contribution >= 4 is 21.5 Å². The van der Waals surface area contributed by atoms with Crippen molar-refractivity contribution in [1.29, 1.82) is 0 Å². The molecule has 0 radical (unpaired) electrons. The minimum Gasteiger partial charge on any atom is -0.490 e. The number of benzene rings is 2. The molecule has 0 atom stereocenters. The number of fused-ring (bicyclic) bond motifs is 2. The molecule has 180 valence electrons. The zero-order valence-electron chi connectivity index (χ0n) is 19.2. The molecule has 7 nitrogen and oxygen atoms in total. The van der Waals surface area contributed by atoms with Crippen molar-refractivity contribution in [3.05, 3.63) is 59.2 Å². The van der Waals surface area contributed by atoms with Crippen LogP contribution in [-0.4, -0.2) is 51.4 Å². The second-order valence-electron chi connectivity index (χ2n) is 8.95. The summed E-state index contributed by atoms with van der Waals surface area (Å²) in [5.41, 5.74) is 3.24. The van der Waals surface area contributed by atoms with Gasteiger partial charge in [0.25, 0.3) is 0 Å². The summed E-state index contributed by atoms with van der Waals surface area (Å²) in [5.74, 6) is 1.27. The largest absolute Gasteiger partial charge is 0.490 e. The lowest BCUT2D eigenvalue weighted by Crippen LogP contribution is -2.31. The van der Waals surface area contributed by atoms with Crippen molar-refractivity contribution < 1.29 is 22.7 Å². The van der Waals surface area contributed by atoms with Crippen molar-refractivity contribution in [2.45, 2.75) is 43.4 Å². The van der Waals surface area contributed by atoms with Crippen LogP contribution in [0.2, 0.25) is 0 Å². The number of rotatable bonds is 4. The molecular formula is C26H30N2O5S. The monoisotopic (exact) mass is 482 g/mol. The van der Waals surface area contributed by atoms with Crippen LogP contribution < -0.4 is 14.8 Å². The fourth-order valence-electron chi connectivity index (χ4n) is 4.70. The lowest BCUT2D eigenvalue weighted by Gasteiger charge is -2.23. The maximum atomic E-state index is 13.0. The summed E-state index contributed by atoms with van der Waals surface area (Å²) >= 11 is 0. The summed E-state index contributed by atoms with van der Waals surface area (Å²) in [6, 6.07) is 10.2. The van der Waals surface area contributed by atoms with Gasteiger partial charge in [-0.15, -0.1) is 0 Å². The highest BCUT2D eigenvalue weighted by molar-refractivity contribution is 7.89. The lowest BCUT2D eigenvalue weighted by atomic mass is 9.95. The Labute approximate surface area is 200 Å². The first kappa shape index (κ1) is 22.9. The van der Waals surface area contributed by atoms with Gasteiger partial charge in [0.15, 0.2) is 17.3 Å². The van der Waals surface area contributed by atoms with Gasteiger partial charge in [-0.1, -0.05) is 12.8 Å². The van der Waals surface area contributed by atoms with E-state index >= 15 is 0 Å². The van der Waals surface area contributed by atoms with E-state index in [-0.39, 0.29) is 10.7 Å². The van der Waals surface area contributed by atoms with Gasteiger partial charge in [-0.25, -0.2) is 8.42 Å². The minimum absolute atomic E-state index is 0.179. The highest BCUT2D eigenvalue weighted by Gasteiger charge is 2.25. The molecule has 8 heteroatoms. The van der Waals surface area contributed by atoms with Crippen LogP contribution in [0.4, 0.5) is 0 Å². The molecule has 3 heterocycles. The minimum atomic E-state index is -3.54. The average Bonchev–Trinajstić information content (AvgIpc) is 3.26. The van der Waals surface area contributed by atoms with E-state index in [1.165, 1.54) is 0 Å². The van der Waals surface area contributed by atoms with Crippen molar-refractivity contribution in [3.63, 3.8) is 0 Å². The van der Waals surface area contributed by atoms with E-state index in [1.807, 2.05) is 12.1 Å². The number of carbonyl (C=O) groups is 1. The first-order valence-corrected chi connectivity index (χ1v) is 13.5. The molecule has 1 N–H and O–H groups in total. The van der Waals surface area contributed by atoms with Crippen molar-refractivity contribution in [2.24, 2.45) is 0 Å². The zero-order valence-corrected chi connectivity index (χ0v) is 20.0. The van der Waals surface area contributed by atoms with Crippen LogP contribution in [0.25, 0.3) is 5.70 Å². The molecule has 0 bridgehead atoms. The van der Waals surface area contributed by atoms with Gasteiger partial charge in [0, 0.05) is 49.0 Å². The third kappa shape index (κ3) is 4.70. The molecule has 0 unspecified atom stereocenters. The van der Waals surface area contributed by atoms with Gasteiger partial charge in [-0.05, 0) is 61.2 Å². The number of sulfonamides is 1. The molecule has 0 spiro atoms. The predicted molar refractivity (Wildman–Crippen MR) is 130 cm³/mol. The molecule has 1 saturated heterocycles. The molecule has 2 aromatic carbocycles. The molecule has 5 rings (SSSR count). The predicted octanol–water partition coefficient (Wildman–Crippen LogP) is 3.78. The SMILES string of the molecule is O=C(C=C1NCCc2cc3c(cc21)OCCCO3)c1ccc(S(=O)(=O)N2CCCCCC2)cc1. The molecular weight excluding hydrogens is 452 g/mol. The van der Waals surface area contributed by atoms with E-state index in [9.17, 15) is 13.2 Å². The van der Waals surface area contributed by atoms with Crippen LogP contribution in [0, 0.1) is 0 Å². The molecule has 2 aromatic rings. The van der Waals surface area contributed by atoms with Crippen LogP contribution in [-0.2, 0) is 16.4 Å². The highest BCUT2D eigenvalue weighted by atomic mass is 32.2. The van der Waals surface area contributed by atoms with E-state index in [1.54, 1.807) is 34.6 Å². The first-order valence-electron chi connectivity index (χ1n) is 12.1. The van der Waals surface area contributed by atoms with Gasteiger partial charge in [0.05, 0.1) is 18.1 Å². The quantitative estimate of drug-likeness (QED) is 0.527. The second kappa shape index (κ2) is 9.80. The number of nitrogens with zero attached hydrogens (tertiary/aromatic N) is 1. The molecule has 3 aliphatic rings. The molecule has 0 saturated carbocycles. The number of ketones is 1. The summed E-state index contributed by atoms with van der Waals surface area (Å²) in [6.07, 6.45) is 7.15. The maximum absolute atomic E-state index is 13.0. The Kier molecular flexibility index (Phi) is 6.61. The van der Waals surface area contributed by atoms with Crippen LogP contribution in [0.1, 0.15) is 53.6 Å². The van der Waals surface area contributed by atoms with E-state index in [0.717, 1.165) is 67.6 Å². The Hall–Kier alpha value is -2.84. The second-order valence-corrected chi connectivity index (χ2v) is 10.9. The van der Waals surface area contributed by atoms with Gasteiger partial charge in [0.2, 0.25) is 10.0 Å². The maximum Gasteiger partial charge on any atom is 0.243 e. The number of hydrogen-bond acceptors (Lipinski definition) is 6.